The minimum Gasteiger partial charge on any atom is -0.341 e. The molecule has 6 heteroatoms. The van der Waals surface area contributed by atoms with Crippen LogP contribution in [-0.4, -0.2) is 62.5 Å². The molecule has 27 heavy (non-hydrogen) atoms. The highest BCUT2D eigenvalue weighted by molar-refractivity contribution is 5.81. The number of pyridine rings is 1. The van der Waals surface area contributed by atoms with Gasteiger partial charge in [-0.1, -0.05) is 25.3 Å². The van der Waals surface area contributed by atoms with E-state index in [1.807, 2.05) is 36.3 Å². The van der Waals surface area contributed by atoms with Crippen molar-refractivity contribution < 1.29 is 4.79 Å². The molecule has 4 rings (SSSR count). The van der Waals surface area contributed by atoms with Gasteiger partial charge in [-0.05, 0) is 57.8 Å². The molecule has 2 fully saturated rings. The lowest BCUT2D eigenvalue weighted by Crippen LogP contribution is -2.51. The van der Waals surface area contributed by atoms with Crippen LogP contribution in [0.1, 0.15) is 63.6 Å². The molecule has 1 saturated heterocycles. The van der Waals surface area contributed by atoms with Gasteiger partial charge >= 0.3 is 0 Å². The van der Waals surface area contributed by atoms with Crippen LogP contribution in [0.4, 0.5) is 0 Å². The van der Waals surface area contributed by atoms with Gasteiger partial charge in [-0.25, -0.2) is 0 Å². The summed E-state index contributed by atoms with van der Waals surface area (Å²) in [6.45, 7) is 3.96. The number of amides is 1. The maximum Gasteiger partial charge on any atom is 0.239 e. The molecule has 1 atom stereocenters. The second-order valence-electron chi connectivity index (χ2n) is 8.21. The number of hydrogen-bond donors (Lipinski definition) is 0. The van der Waals surface area contributed by atoms with Gasteiger partial charge in [-0.15, -0.1) is 10.2 Å². The van der Waals surface area contributed by atoms with Crippen LogP contribution in [0.5, 0.6) is 0 Å². The predicted molar refractivity (Wildman–Crippen MR) is 106 cm³/mol. The van der Waals surface area contributed by atoms with Crippen molar-refractivity contribution in [2.45, 2.75) is 69.9 Å². The van der Waals surface area contributed by atoms with Crippen molar-refractivity contribution in [3.05, 3.63) is 30.2 Å². The van der Waals surface area contributed by atoms with Gasteiger partial charge in [0.25, 0.3) is 0 Å². The zero-order valence-corrected chi connectivity index (χ0v) is 16.5. The maximum absolute atomic E-state index is 13.0. The van der Waals surface area contributed by atoms with Gasteiger partial charge in [-0.3, -0.25) is 14.1 Å². The zero-order valence-electron chi connectivity index (χ0n) is 16.5. The number of rotatable bonds is 4. The molecular formula is C21H31N5O. The van der Waals surface area contributed by atoms with E-state index < -0.39 is 0 Å². The molecule has 2 aliphatic rings. The Balaban J connectivity index is 1.36. The number of likely N-dealkylation sites (N-methyl/N-ethyl adjacent to an activating group) is 1. The molecule has 1 unspecified atom stereocenters. The van der Waals surface area contributed by atoms with Crippen molar-refractivity contribution in [1.29, 1.82) is 0 Å². The van der Waals surface area contributed by atoms with Crippen molar-refractivity contribution in [1.82, 2.24) is 24.4 Å². The van der Waals surface area contributed by atoms with Gasteiger partial charge in [-0.2, -0.15) is 0 Å². The average Bonchev–Trinajstić information content (AvgIpc) is 3.17. The molecule has 146 valence electrons. The Kier molecular flexibility index (Phi) is 5.43. The summed E-state index contributed by atoms with van der Waals surface area (Å²) < 4.78 is 2.10. The van der Waals surface area contributed by atoms with E-state index in [4.69, 9.17) is 0 Å². The first-order valence-electron chi connectivity index (χ1n) is 10.5. The smallest absolute Gasteiger partial charge is 0.239 e. The van der Waals surface area contributed by atoms with Crippen LogP contribution in [0, 0.1) is 0 Å². The van der Waals surface area contributed by atoms with Crippen LogP contribution < -0.4 is 0 Å². The van der Waals surface area contributed by atoms with Gasteiger partial charge in [0.15, 0.2) is 5.65 Å². The number of hydrogen-bond acceptors (Lipinski definition) is 4. The Hall–Kier alpha value is -1.95. The molecule has 0 aromatic carbocycles. The number of likely N-dealkylation sites (tertiary alicyclic amines) is 1. The molecule has 1 aliphatic carbocycles. The topological polar surface area (TPSA) is 53.7 Å². The van der Waals surface area contributed by atoms with Gasteiger partial charge in [0.05, 0.1) is 6.04 Å². The fraction of sp³-hybridized carbons (Fsp3) is 0.667. The summed E-state index contributed by atoms with van der Waals surface area (Å²) in [4.78, 5) is 17.4. The Morgan fingerprint density at radius 1 is 1.11 bits per heavy atom. The quantitative estimate of drug-likeness (QED) is 0.831. The molecule has 3 heterocycles. The summed E-state index contributed by atoms with van der Waals surface area (Å²) in [7, 11) is 2.00. The summed E-state index contributed by atoms with van der Waals surface area (Å²) in [5, 5.41) is 8.72. The third-order valence-corrected chi connectivity index (χ3v) is 6.61. The summed E-state index contributed by atoms with van der Waals surface area (Å²) in [6.07, 6.45) is 10.3. The highest BCUT2D eigenvalue weighted by atomic mass is 16.2. The van der Waals surface area contributed by atoms with Crippen molar-refractivity contribution in [3.8, 4) is 0 Å². The normalized spacial score (nSPS) is 21.4. The van der Waals surface area contributed by atoms with Crippen LogP contribution in [-0.2, 0) is 4.79 Å². The molecule has 0 spiro atoms. The second-order valence-corrected chi connectivity index (χ2v) is 8.21. The summed E-state index contributed by atoms with van der Waals surface area (Å²) >= 11 is 0. The van der Waals surface area contributed by atoms with Gasteiger partial charge in [0.2, 0.25) is 5.91 Å². The monoisotopic (exact) mass is 369 g/mol. The Labute approximate surface area is 161 Å². The van der Waals surface area contributed by atoms with Crippen LogP contribution in [0.25, 0.3) is 5.65 Å². The first-order valence-corrected chi connectivity index (χ1v) is 10.5. The van der Waals surface area contributed by atoms with E-state index in [1.54, 1.807) is 0 Å². The highest BCUT2D eigenvalue weighted by Gasteiger charge is 2.32. The molecule has 2 aromatic heterocycles. The molecule has 6 nitrogen and oxygen atoms in total. The lowest BCUT2D eigenvalue weighted by Gasteiger charge is -2.39. The Morgan fingerprint density at radius 3 is 2.59 bits per heavy atom. The number of aromatic nitrogens is 3. The van der Waals surface area contributed by atoms with Crippen LogP contribution in [0.2, 0.25) is 0 Å². The van der Waals surface area contributed by atoms with E-state index in [0.29, 0.717) is 12.0 Å². The second kappa shape index (κ2) is 7.97. The standard InChI is InChI=1S/C21H31N5O/c1-16(21(27)24(2)18-8-4-3-5-9-18)25-14-11-17(12-15-25)20-23-22-19-10-6-7-13-26(19)20/h6-7,10,13,16-18H,3-5,8-9,11-12,14-15H2,1-2H3. The predicted octanol–water partition coefficient (Wildman–Crippen LogP) is 3.09. The first-order chi connectivity index (χ1) is 13.1. The minimum absolute atomic E-state index is 0.0342. The third-order valence-electron chi connectivity index (χ3n) is 6.61. The number of nitrogens with zero attached hydrogens (tertiary/aromatic N) is 5. The van der Waals surface area contributed by atoms with Gasteiger partial charge in [0.1, 0.15) is 5.82 Å². The largest absolute Gasteiger partial charge is 0.341 e. The lowest BCUT2D eigenvalue weighted by atomic mass is 9.93. The number of carbonyl (C=O) groups is 1. The van der Waals surface area contributed by atoms with Gasteiger partial charge in [0, 0.05) is 25.2 Å². The van der Waals surface area contributed by atoms with E-state index in [-0.39, 0.29) is 11.9 Å². The van der Waals surface area contributed by atoms with Crippen molar-refractivity contribution in [3.63, 3.8) is 0 Å². The van der Waals surface area contributed by atoms with E-state index >= 15 is 0 Å². The highest BCUT2D eigenvalue weighted by Crippen LogP contribution is 2.29. The molecule has 1 amide bonds. The number of piperidine rings is 1. The van der Waals surface area contributed by atoms with Crippen LogP contribution in [0.3, 0.4) is 0 Å². The maximum atomic E-state index is 13.0. The van der Waals surface area contributed by atoms with Crippen molar-refractivity contribution in [2.75, 3.05) is 20.1 Å². The van der Waals surface area contributed by atoms with Crippen molar-refractivity contribution in [2.24, 2.45) is 0 Å². The lowest BCUT2D eigenvalue weighted by molar-refractivity contribution is -0.138. The average molecular weight is 370 g/mol. The van der Waals surface area contributed by atoms with E-state index in [9.17, 15) is 4.79 Å². The van der Waals surface area contributed by atoms with Gasteiger partial charge < -0.3 is 4.90 Å². The van der Waals surface area contributed by atoms with Crippen molar-refractivity contribution >= 4 is 11.6 Å². The molecular weight excluding hydrogens is 338 g/mol. The fourth-order valence-electron chi connectivity index (χ4n) is 4.78. The summed E-state index contributed by atoms with van der Waals surface area (Å²) in [5.74, 6) is 1.76. The third kappa shape index (κ3) is 3.72. The van der Waals surface area contributed by atoms with E-state index in [1.165, 1.54) is 19.3 Å². The minimum atomic E-state index is -0.0342. The molecule has 0 N–H and O–H groups in total. The van der Waals surface area contributed by atoms with Crippen LogP contribution in [0.15, 0.2) is 24.4 Å². The molecule has 2 aromatic rings. The summed E-state index contributed by atoms with van der Waals surface area (Å²) in [5.41, 5.74) is 0.910. The molecule has 1 aliphatic heterocycles. The molecule has 0 bridgehead atoms. The fourth-order valence-corrected chi connectivity index (χ4v) is 4.78. The van der Waals surface area contributed by atoms with E-state index in [2.05, 4.69) is 26.4 Å². The first kappa shape index (κ1) is 18.4. The molecule has 0 radical (unpaired) electrons. The Morgan fingerprint density at radius 2 is 1.85 bits per heavy atom. The van der Waals surface area contributed by atoms with Crippen LogP contribution >= 0.6 is 0 Å². The van der Waals surface area contributed by atoms with E-state index in [0.717, 1.165) is 50.2 Å². The Bertz CT molecular complexity index is 774. The number of fused-ring (bicyclic) bond motifs is 1. The number of carbonyl (C=O) groups excluding carboxylic acids is 1. The zero-order chi connectivity index (χ0) is 18.8. The molecule has 1 saturated carbocycles. The summed E-state index contributed by atoms with van der Waals surface area (Å²) in [6, 6.07) is 6.41. The SMILES string of the molecule is CC(C(=O)N(C)C1CCCCC1)N1CCC(c2nnc3ccccn23)CC1.